The number of morpholine rings is 1. The lowest BCUT2D eigenvalue weighted by atomic mass is 9.82. The van der Waals surface area contributed by atoms with Gasteiger partial charge in [0, 0.05) is 57.2 Å². The first-order valence-corrected chi connectivity index (χ1v) is 33.3. The fourth-order valence-electron chi connectivity index (χ4n) is 12.5. The van der Waals surface area contributed by atoms with Crippen LogP contribution in [0.25, 0.3) is 0 Å². The first-order chi connectivity index (χ1) is 45.5. The second-order valence-corrected chi connectivity index (χ2v) is 26.1. The number of ether oxygens (including phenoxy) is 8. The third kappa shape index (κ3) is 24.1. The van der Waals surface area contributed by atoms with E-state index in [1.54, 1.807) is 92.8 Å². The summed E-state index contributed by atoms with van der Waals surface area (Å²) in [5.74, 6) is -8.76. The number of nitrogens with one attached hydrogen (secondary N) is 2. The Balaban J connectivity index is 1.26. The highest BCUT2D eigenvalue weighted by molar-refractivity contribution is 5.80. The molecule has 6 rings (SSSR count). The van der Waals surface area contributed by atoms with Gasteiger partial charge in [-0.05, 0) is 46.1 Å². The van der Waals surface area contributed by atoms with Crippen LogP contribution in [0.5, 0.6) is 0 Å². The minimum absolute atomic E-state index is 0.154. The van der Waals surface area contributed by atoms with E-state index in [0.29, 0.717) is 39.3 Å². The van der Waals surface area contributed by atoms with E-state index in [9.17, 15) is 96.4 Å². The highest BCUT2D eigenvalue weighted by Gasteiger charge is 2.55. The van der Waals surface area contributed by atoms with Gasteiger partial charge in [-0.1, -0.05) is 98.9 Å². The normalized spacial score (nSPS) is 45.5. The van der Waals surface area contributed by atoms with Crippen molar-refractivity contribution in [2.75, 3.05) is 59.2 Å². The number of hydrogen-bond donors (Lipinski definition) is 19. The Hall–Kier alpha value is -3.92. The predicted octanol–water partition coefficient (Wildman–Crippen LogP) is -4.28. The Morgan fingerprint density at radius 3 is 1.91 bits per heavy atom. The van der Waals surface area contributed by atoms with Crippen LogP contribution < -0.4 is 10.6 Å². The van der Waals surface area contributed by atoms with Crippen molar-refractivity contribution in [3.05, 3.63) is 85.1 Å². The summed E-state index contributed by atoms with van der Waals surface area (Å²) in [7, 11) is 0. The minimum atomic E-state index is -2.68. The van der Waals surface area contributed by atoms with Crippen LogP contribution in [-0.4, -0.2) is 315 Å². The summed E-state index contributed by atoms with van der Waals surface area (Å²) in [4.78, 5) is 29.4. The van der Waals surface area contributed by atoms with Gasteiger partial charge in [-0.2, -0.15) is 0 Å². The summed E-state index contributed by atoms with van der Waals surface area (Å²) >= 11 is 0. The fraction of sp³-hybridized carbons (Fsp3) is 0.758. The van der Waals surface area contributed by atoms with E-state index >= 15 is 0 Å². The average molecular weight is 1370 g/mol. The predicted molar refractivity (Wildman–Crippen MR) is 340 cm³/mol. The van der Waals surface area contributed by atoms with Gasteiger partial charge in [-0.15, -0.1) is 0 Å². The molecule has 0 aromatic heterocycles. The molecule has 30 nitrogen and oxygen atoms in total. The Morgan fingerprint density at radius 1 is 0.635 bits per heavy atom. The molecule has 5 saturated heterocycles. The van der Waals surface area contributed by atoms with E-state index < -0.39 is 221 Å². The zero-order chi connectivity index (χ0) is 70.4. The quantitative estimate of drug-likeness (QED) is 0.0613. The molecule has 0 aromatic carbocycles. The molecule has 6 aliphatic rings. The van der Waals surface area contributed by atoms with Gasteiger partial charge >= 0.3 is 5.97 Å². The molecule has 6 heterocycles. The minimum Gasteiger partial charge on any atom is -0.462 e. The van der Waals surface area contributed by atoms with Crippen molar-refractivity contribution >= 4 is 11.9 Å². The van der Waals surface area contributed by atoms with Crippen molar-refractivity contribution in [1.29, 1.82) is 0 Å². The van der Waals surface area contributed by atoms with Crippen LogP contribution in [-0.2, 0) is 47.5 Å². The van der Waals surface area contributed by atoms with Crippen molar-refractivity contribution in [2.45, 2.75) is 238 Å². The summed E-state index contributed by atoms with van der Waals surface area (Å²) in [6.45, 7) is 7.61. The van der Waals surface area contributed by atoms with Crippen LogP contribution in [0.4, 0.5) is 0 Å². The van der Waals surface area contributed by atoms with Gasteiger partial charge in [0.15, 0.2) is 18.4 Å². The van der Waals surface area contributed by atoms with Crippen LogP contribution in [0, 0.1) is 17.8 Å². The lowest BCUT2D eigenvalue weighted by Gasteiger charge is -2.48. The largest absolute Gasteiger partial charge is 0.462 e. The third-order valence-electron chi connectivity index (χ3n) is 18.4. The van der Waals surface area contributed by atoms with E-state index in [4.69, 9.17) is 37.9 Å². The van der Waals surface area contributed by atoms with Gasteiger partial charge in [-0.25, -0.2) is 0 Å². The van der Waals surface area contributed by atoms with Crippen LogP contribution in [0.15, 0.2) is 85.1 Å². The molecule has 2 bridgehead atoms. The molecule has 19 N–H and O–H groups in total. The van der Waals surface area contributed by atoms with Crippen molar-refractivity contribution < 1.29 is 134 Å². The van der Waals surface area contributed by atoms with Crippen molar-refractivity contribution in [3.63, 3.8) is 0 Å². The van der Waals surface area contributed by atoms with Gasteiger partial charge in [0.25, 0.3) is 0 Å². The maximum atomic E-state index is 14.4. The molecular formula is C66H107N3O27. The van der Waals surface area contributed by atoms with Crippen LogP contribution >= 0.6 is 0 Å². The van der Waals surface area contributed by atoms with Crippen LogP contribution in [0.2, 0.25) is 0 Å². The van der Waals surface area contributed by atoms with Gasteiger partial charge in [0.05, 0.1) is 118 Å². The van der Waals surface area contributed by atoms with E-state index in [1.807, 2.05) is 6.92 Å². The van der Waals surface area contributed by atoms with Gasteiger partial charge < -0.3 is 135 Å². The number of cyclic esters (lactones) is 1. The number of carbonyl (C=O) groups is 2. The zero-order valence-corrected chi connectivity index (χ0v) is 55.0. The summed E-state index contributed by atoms with van der Waals surface area (Å²) in [5.41, 5.74) is 0. The first-order valence-electron chi connectivity index (χ1n) is 33.3. The molecular weight excluding hydrogens is 1270 g/mol. The van der Waals surface area contributed by atoms with Crippen LogP contribution in [0.3, 0.4) is 0 Å². The lowest BCUT2D eigenvalue weighted by molar-refractivity contribution is -0.368. The standard InChI is InChI=1S/C66H107N3O27/c1-37-18-15-13-11-9-7-5-6-8-10-12-14-16-19-44(93-63-57(82)53(55(80)40(4)92-63)68-36-66(88)61(85)60(48(77)35-90-66)95-64-59(84)58(83)56(81)50(34-70)94-64)31-49-52(62(86)67-22-17-23-69-24-26-89-27-25-69)47(76)33-65(87,96-49)32-43(73)29-46(75)45(74)21-20-41(71)28-42(72)30-51(78)91-39(3)38(2)54(37)79/h5-16,18-19,37-50,52-61,63-64,68,70-77,79-85,87-88H,17,20-36H2,1-4H3,(H,67,86)/b6-5+,9-7+,10-8+,13-11+,14-12+,18-15+,19-16+/t37-,38?,39-,40+,41+,42+,43-,44-,45+,46+,47-,48+,49?,50+,52?,53-,54+,55+,56+,57-,58-,59+,60+,61-,63-,64?,65+,66+/m0/s1. The van der Waals surface area contributed by atoms with E-state index in [2.05, 4.69) is 15.5 Å². The fourth-order valence-corrected chi connectivity index (χ4v) is 12.5. The molecule has 96 heavy (non-hydrogen) atoms. The topological polar surface area (TPSA) is 479 Å². The molecule has 0 saturated carbocycles. The van der Waals surface area contributed by atoms with E-state index in [1.165, 1.54) is 13.0 Å². The molecule has 4 unspecified atom stereocenters. The Labute approximate surface area is 559 Å². The average Bonchev–Trinajstić information content (AvgIpc) is 0.818. The molecule has 0 aromatic rings. The summed E-state index contributed by atoms with van der Waals surface area (Å²) < 4.78 is 46.4. The van der Waals surface area contributed by atoms with Crippen molar-refractivity contribution in [2.24, 2.45) is 17.8 Å². The van der Waals surface area contributed by atoms with E-state index in [-0.39, 0.29) is 38.1 Å². The second kappa shape index (κ2) is 39.3. The number of rotatable bonds is 13. The Bertz CT molecular complexity index is 2540. The second-order valence-electron chi connectivity index (χ2n) is 26.1. The summed E-state index contributed by atoms with van der Waals surface area (Å²) in [6.07, 6.45) is -13.1. The molecule has 30 heteroatoms. The first kappa shape index (κ1) is 81.0. The third-order valence-corrected chi connectivity index (χ3v) is 18.4. The number of aliphatic hydroxyl groups is 17. The SMILES string of the molecule is CC1[C@H](C)OC(=O)C[C@H](O)C[C@H](O)CC[C@@H](O)[C@H](O)C[C@H](O)C[C@]2(O)C[C@H](O)C(C(=O)NCCCN3CCOCC3)C(C[C@@H](O[C@@H]3O[C@H](C)[C@@H](O)[C@H](NC[C@@]4(O)OC[C@@H](O)[C@@H](OC5O[C@H](CO)[C@@H](O)[C@H](O)[C@H]5O)[C@@H]4O)[C@@H]3O)/C=C/C=C/C=C/C=C/C=C/C=C/C=C/[C@H](C)[C@H]1O)O2. The number of aliphatic hydroxyl groups excluding tert-OH is 15. The number of esters is 1. The number of carbonyl (C=O) groups excluding carboxylic acids is 2. The van der Waals surface area contributed by atoms with E-state index in [0.717, 1.165) is 0 Å². The molecule has 0 aliphatic carbocycles. The molecule has 28 atom stereocenters. The summed E-state index contributed by atoms with van der Waals surface area (Å²) in [6, 6.07) is -1.47. The molecule has 0 radical (unpaired) electrons. The zero-order valence-electron chi connectivity index (χ0n) is 55.0. The monoisotopic (exact) mass is 1370 g/mol. The number of nitrogens with zero attached hydrogens (tertiary/aromatic N) is 1. The Morgan fingerprint density at radius 2 is 1.26 bits per heavy atom. The molecule has 5 fully saturated rings. The maximum absolute atomic E-state index is 14.4. The van der Waals surface area contributed by atoms with Gasteiger partial charge in [0.1, 0.15) is 54.9 Å². The highest BCUT2D eigenvalue weighted by Crippen LogP contribution is 2.39. The van der Waals surface area contributed by atoms with Crippen molar-refractivity contribution in [1.82, 2.24) is 15.5 Å². The Kier molecular flexibility index (Phi) is 33.2. The molecule has 1 amide bonds. The maximum Gasteiger partial charge on any atom is 0.308 e. The van der Waals surface area contributed by atoms with Gasteiger partial charge in [0.2, 0.25) is 11.7 Å². The highest BCUT2D eigenvalue weighted by atomic mass is 16.7. The molecule has 6 aliphatic heterocycles. The molecule has 548 valence electrons. The number of fused-ring (bicyclic) bond motifs is 2. The molecule has 0 spiro atoms. The summed E-state index contributed by atoms with van der Waals surface area (Å²) in [5, 5.41) is 194. The smallest absolute Gasteiger partial charge is 0.308 e. The number of amides is 1. The number of allylic oxidation sites excluding steroid dienone is 12. The lowest BCUT2D eigenvalue weighted by Crippen LogP contribution is -2.70. The van der Waals surface area contributed by atoms with Crippen LogP contribution in [0.1, 0.15) is 85.5 Å². The van der Waals surface area contributed by atoms with Gasteiger partial charge in [-0.3, -0.25) is 14.5 Å². The number of hydrogen-bond acceptors (Lipinski definition) is 29. The van der Waals surface area contributed by atoms with Crippen molar-refractivity contribution in [3.8, 4) is 0 Å².